The van der Waals surface area contributed by atoms with Crippen LogP contribution in [-0.4, -0.2) is 34.7 Å². The number of hydrogen-bond acceptors (Lipinski definition) is 3. The summed E-state index contributed by atoms with van der Waals surface area (Å²) in [5.74, 6) is 2.76. The van der Waals surface area contributed by atoms with Crippen LogP contribution in [0.2, 0.25) is 0 Å². The van der Waals surface area contributed by atoms with Gasteiger partial charge in [-0.1, -0.05) is 19.8 Å². The fourth-order valence-corrected chi connectivity index (χ4v) is 3.91. The molecule has 17 heavy (non-hydrogen) atoms. The quantitative estimate of drug-likeness (QED) is 0.810. The molecule has 3 nitrogen and oxygen atoms in total. The molecule has 4 heteroatoms. The van der Waals surface area contributed by atoms with Crippen molar-refractivity contribution in [3.05, 3.63) is 0 Å². The van der Waals surface area contributed by atoms with Crippen molar-refractivity contribution in [2.45, 2.75) is 44.6 Å². The standard InChI is InChI=1S/C13H23NO2S/c1-10-2-4-11(5-3-10)8-14-12(15)13(16)6-7-17-9-13/h10-11,16H,2-9H2,1H3,(H,14,15). The van der Waals surface area contributed by atoms with Gasteiger partial charge < -0.3 is 10.4 Å². The first-order chi connectivity index (χ1) is 8.10. The molecule has 0 aromatic heterocycles. The predicted molar refractivity (Wildman–Crippen MR) is 71.0 cm³/mol. The van der Waals surface area contributed by atoms with Crippen LogP contribution in [0.5, 0.6) is 0 Å². The number of rotatable bonds is 3. The zero-order chi connectivity index (χ0) is 12.3. The molecule has 1 atom stereocenters. The van der Waals surface area contributed by atoms with E-state index in [0.29, 0.717) is 18.1 Å². The molecule has 1 saturated carbocycles. The van der Waals surface area contributed by atoms with E-state index in [9.17, 15) is 9.90 Å². The van der Waals surface area contributed by atoms with Gasteiger partial charge in [0.2, 0.25) is 0 Å². The molecule has 1 saturated heterocycles. The zero-order valence-electron chi connectivity index (χ0n) is 10.6. The molecule has 1 heterocycles. The highest BCUT2D eigenvalue weighted by Crippen LogP contribution is 2.29. The Hall–Kier alpha value is -0.220. The highest BCUT2D eigenvalue weighted by molar-refractivity contribution is 7.99. The molecule has 2 fully saturated rings. The zero-order valence-corrected chi connectivity index (χ0v) is 11.4. The van der Waals surface area contributed by atoms with Crippen LogP contribution >= 0.6 is 11.8 Å². The van der Waals surface area contributed by atoms with Gasteiger partial charge in [-0.15, -0.1) is 0 Å². The van der Waals surface area contributed by atoms with Gasteiger partial charge in [-0.2, -0.15) is 11.8 Å². The second-order valence-corrected chi connectivity index (χ2v) is 6.78. The van der Waals surface area contributed by atoms with Crippen molar-refractivity contribution in [1.29, 1.82) is 0 Å². The highest BCUT2D eigenvalue weighted by Gasteiger charge is 2.39. The summed E-state index contributed by atoms with van der Waals surface area (Å²) in [6.07, 6.45) is 5.59. The lowest BCUT2D eigenvalue weighted by Gasteiger charge is -2.28. The van der Waals surface area contributed by atoms with Crippen LogP contribution in [0.1, 0.15) is 39.0 Å². The Balaban J connectivity index is 1.72. The smallest absolute Gasteiger partial charge is 0.252 e. The minimum atomic E-state index is -1.09. The third-order valence-electron chi connectivity index (χ3n) is 4.11. The molecule has 2 N–H and O–H groups in total. The largest absolute Gasteiger partial charge is 0.379 e. The Labute approximate surface area is 108 Å². The van der Waals surface area contributed by atoms with Crippen LogP contribution in [-0.2, 0) is 4.79 Å². The Bertz CT molecular complexity index is 269. The van der Waals surface area contributed by atoms with Gasteiger partial charge in [0.1, 0.15) is 0 Å². The minimum Gasteiger partial charge on any atom is -0.379 e. The van der Waals surface area contributed by atoms with Crippen molar-refractivity contribution in [2.24, 2.45) is 11.8 Å². The van der Waals surface area contributed by atoms with Gasteiger partial charge in [-0.25, -0.2) is 0 Å². The summed E-state index contributed by atoms with van der Waals surface area (Å²) in [6.45, 7) is 3.05. The second-order valence-electron chi connectivity index (χ2n) is 5.67. The summed E-state index contributed by atoms with van der Waals surface area (Å²) in [5, 5.41) is 13.0. The number of nitrogens with one attached hydrogen (secondary N) is 1. The van der Waals surface area contributed by atoms with Crippen molar-refractivity contribution >= 4 is 17.7 Å². The number of hydrogen-bond donors (Lipinski definition) is 2. The summed E-state index contributed by atoms with van der Waals surface area (Å²) in [5.41, 5.74) is -1.09. The van der Waals surface area contributed by atoms with Gasteiger partial charge in [0.05, 0.1) is 0 Å². The van der Waals surface area contributed by atoms with Crippen molar-refractivity contribution in [3.8, 4) is 0 Å². The normalized spacial score (nSPS) is 38.0. The van der Waals surface area contributed by atoms with E-state index in [2.05, 4.69) is 12.2 Å². The number of carbonyl (C=O) groups is 1. The van der Waals surface area contributed by atoms with Crippen molar-refractivity contribution in [3.63, 3.8) is 0 Å². The van der Waals surface area contributed by atoms with E-state index < -0.39 is 5.60 Å². The number of amides is 1. The number of carbonyl (C=O) groups excluding carboxylic acids is 1. The molecule has 98 valence electrons. The average Bonchev–Trinajstić information content (AvgIpc) is 2.76. The first-order valence-electron chi connectivity index (χ1n) is 6.68. The van der Waals surface area contributed by atoms with E-state index in [-0.39, 0.29) is 5.91 Å². The van der Waals surface area contributed by atoms with E-state index in [1.807, 2.05) is 0 Å². The molecule has 1 aliphatic heterocycles. The van der Waals surface area contributed by atoms with Gasteiger partial charge in [0.15, 0.2) is 5.60 Å². The van der Waals surface area contributed by atoms with E-state index in [0.717, 1.165) is 18.2 Å². The van der Waals surface area contributed by atoms with Gasteiger partial charge in [0.25, 0.3) is 5.91 Å². The van der Waals surface area contributed by atoms with Gasteiger partial charge in [-0.05, 0) is 36.9 Å². The maximum Gasteiger partial charge on any atom is 0.252 e. The first-order valence-corrected chi connectivity index (χ1v) is 7.84. The molecule has 1 unspecified atom stereocenters. The Morgan fingerprint density at radius 1 is 1.41 bits per heavy atom. The first kappa shape index (κ1) is 13.2. The monoisotopic (exact) mass is 257 g/mol. The lowest BCUT2D eigenvalue weighted by atomic mass is 9.83. The van der Waals surface area contributed by atoms with Crippen molar-refractivity contribution in [2.75, 3.05) is 18.1 Å². The van der Waals surface area contributed by atoms with Gasteiger partial charge in [-0.3, -0.25) is 4.79 Å². The van der Waals surface area contributed by atoms with Crippen LogP contribution < -0.4 is 5.32 Å². The predicted octanol–water partition coefficient (Wildman–Crippen LogP) is 1.80. The van der Waals surface area contributed by atoms with Crippen molar-refractivity contribution < 1.29 is 9.90 Å². The Kier molecular flexibility index (Phi) is 4.36. The van der Waals surface area contributed by atoms with Crippen molar-refractivity contribution in [1.82, 2.24) is 5.32 Å². The molecule has 2 aliphatic rings. The molecule has 0 spiro atoms. The summed E-state index contributed by atoms with van der Waals surface area (Å²) in [7, 11) is 0. The maximum absolute atomic E-state index is 11.9. The van der Waals surface area contributed by atoms with E-state index in [1.54, 1.807) is 11.8 Å². The SMILES string of the molecule is CC1CCC(CNC(=O)C2(O)CCSC2)CC1. The fraction of sp³-hybridized carbons (Fsp3) is 0.923. The Morgan fingerprint density at radius 2 is 2.12 bits per heavy atom. The number of aliphatic hydroxyl groups is 1. The third kappa shape index (κ3) is 3.38. The van der Waals surface area contributed by atoms with Crippen LogP contribution in [0.25, 0.3) is 0 Å². The van der Waals surface area contributed by atoms with E-state index >= 15 is 0 Å². The maximum atomic E-state index is 11.9. The second kappa shape index (κ2) is 5.61. The molecule has 0 bridgehead atoms. The summed E-state index contributed by atoms with van der Waals surface area (Å²) in [4.78, 5) is 11.9. The molecule has 0 aromatic carbocycles. The lowest BCUT2D eigenvalue weighted by Crippen LogP contribution is -2.48. The summed E-state index contributed by atoms with van der Waals surface area (Å²) >= 11 is 1.66. The molecule has 2 rings (SSSR count). The van der Waals surface area contributed by atoms with Gasteiger partial charge >= 0.3 is 0 Å². The number of thioether (sulfide) groups is 1. The van der Waals surface area contributed by atoms with Gasteiger partial charge in [0, 0.05) is 12.3 Å². The lowest BCUT2D eigenvalue weighted by molar-refractivity contribution is -0.137. The molecular weight excluding hydrogens is 234 g/mol. The van der Waals surface area contributed by atoms with Crippen LogP contribution in [0.3, 0.4) is 0 Å². The Morgan fingerprint density at radius 3 is 2.71 bits per heavy atom. The molecule has 1 aliphatic carbocycles. The summed E-state index contributed by atoms with van der Waals surface area (Å²) < 4.78 is 0. The van der Waals surface area contributed by atoms with Crippen LogP contribution in [0, 0.1) is 11.8 Å². The highest BCUT2D eigenvalue weighted by atomic mass is 32.2. The molecular formula is C13H23NO2S. The van der Waals surface area contributed by atoms with E-state index in [1.165, 1.54) is 25.7 Å². The molecule has 0 radical (unpaired) electrons. The summed E-state index contributed by atoms with van der Waals surface area (Å²) in [6, 6.07) is 0. The molecule has 0 aromatic rings. The van der Waals surface area contributed by atoms with Crippen LogP contribution in [0.15, 0.2) is 0 Å². The van der Waals surface area contributed by atoms with Crippen LogP contribution in [0.4, 0.5) is 0 Å². The fourth-order valence-electron chi connectivity index (χ4n) is 2.67. The minimum absolute atomic E-state index is 0.152. The third-order valence-corrected chi connectivity index (χ3v) is 5.28. The van der Waals surface area contributed by atoms with E-state index in [4.69, 9.17) is 0 Å². The average molecular weight is 257 g/mol. The topological polar surface area (TPSA) is 49.3 Å². The molecule has 1 amide bonds.